The maximum atomic E-state index is 12.9. The standard InChI is InChI=1S/C20H22F3N3O/c1-14-18(19(27)24-11-10-15-6-3-2-4-7-15)13-25-26(14)17-9-5-8-16(12-17)20(21,22)23/h5-6,8-9,12-13H,2-4,7,10-11H2,1H3,(H,24,27). The molecule has 1 aliphatic carbocycles. The van der Waals surface area contributed by atoms with E-state index in [1.807, 2.05) is 0 Å². The first kappa shape index (κ1) is 19.2. The molecule has 2 aromatic rings. The molecule has 1 aromatic carbocycles. The largest absolute Gasteiger partial charge is 0.416 e. The highest BCUT2D eigenvalue weighted by Gasteiger charge is 2.30. The van der Waals surface area contributed by atoms with E-state index in [0.29, 0.717) is 17.8 Å². The Morgan fingerprint density at radius 3 is 2.81 bits per heavy atom. The zero-order chi connectivity index (χ0) is 19.4. The molecule has 0 spiro atoms. The topological polar surface area (TPSA) is 46.9 Å². The third-order valence-corrected chi connectivity index (χ3v) is 4.79. The fourth-order valence-electron chi connectivity index (χ4n) is 3.27. The minimum absolute atomic E-state index is 0.262. The van der Waals surface area contributed by atoms with Crippen molar-refractivity contribution in [2.75, 3.05) is 6.54 Å². The maximum absolute atomic E-state index is 12.9. The van der Waals surface area contributed by atoms with E-state index < -0.39 is 11.7 Å². The Hall–Kier alpha value is -2.57. The van der Waals surface area contributed by atoms with E-state index in [0.717, 1.165) is 31.4 Å². The lowest BCUT2D eigenvalue weighted by molar-refractivity contribution is -0.137. The summed E-state index contributed by atoms with van der Waals surface area (Å²) in [6.45, 7) is 2.21. The molecule has 0 fully saturated rings. The summed E-state index contributed by atoms with van der Waals surface area (Å²) in [6, 6.07) is 4.90. The normalized spacial score (nSPS) is 14.7. The summed E-state index contributed by atoms with van der Waals surface area (Å²) in [5, 5.41) is 6.98. The second-order valence-corrected chi connectivity index (χ2v) is 6.72. The lowest BCUT2D eigenvalue weighted by atomic mass is 9.97. The van der Waals surface area contributed by atoms with Crippen LogP contribution in [0.15, 0.2) is 42.1 Å². The number of amides is 1. The minimum atomic E-state index is -4.43. The Balaban J connectivity index is 1.69. The average Bonchev–Trinajstić information content (AvgIpc) is 3.03. The van der Waals surface area contributed by atoms with Crippen LogP contribution in [-0.2, 0) is 6.18 Å². The minimum Gasteiger partial charge on any atom is -0.352 e. The van der Waals surface area contributed by atoms with Gasteiger partial charge in [0, 0.05) is 6.54 Å². The Labute approximate surface area is 156 Å². The molecule has 1 aromatic heterocycles. The van der Waals surface area contributed by atoms with Gasteiger partial charge in [0.25, 0.3) is 5.91 Å². The second kappa shape index (κ2) is 7.98. The van der Waals surface area contributed by atoms with E-state index in [1.165, 1.54) is 41.4 Å². The lowest BCUT2D eigenvalue weighted by Gasteiger charge is -2.13. The summed E-state index contributed by atoms with van der Waals surface area (Å²) in [5.41, 5.74) is 1.77. The molecule has 1 amide bonds. The summed E-state index contributed by atoms with van der Waals surface area (Å²) in [4.78, 5) is 12.4. The van der Waals surface area contributed by atoms with Crippen molar-refractivity contribution in [3.63, 3.8) is 0 Å². The van der Waals surface area contributed by atoms with Crippen molar-refractivity contribution in [1.29, 1.82) is 0 Å². The van der Waals surface area contributed by atoms with E-state index in [1.54, 1.807) is 6.92 Å². The van der Waals surface area contributed by atoms with Gasteiger partial charge in [-0.05, 0) is 57.2 Å². The summed E-state index contributed by atoms with van der Waals surface area (Å²) < 4.78 is 40.1. The molecule has 7 heteroatoms. The third kappa shape index (κ3) is 4.59. The summed E-state index contributed by atoms with van der Waals surface area (Å²) in [7, 11) is 0. The van der Waals surface area contributed by atoms with Crippen LogP contribution >= 0.6 is 0 Å². The predicted octanol–water partition coefficient (Wildman–Crippen LogP) is 4.82. The predicted molar refractivity (Wildman–Crippen MR) is 96.8 cm³/mol. The van der Waals surface area contributed by atoms with Crippen molar-refractivity contribution in [1.82, 2.24) is 15.1 Å². The van der Waals surface area contributed by atoms with Gasteiger partial charge in [-0.25, -0.2) is 4.68 Å². The Kier molecular flexibility index (Phi) is 5.68. The van der Waals surface area contributed by atoms with Crippen LogP contribution in [0.25, 0.3) is 5.69 Å². The molecule has 3 rings (SSSR count). The number of hydrogen-bond acceptors (Lipinski definition) is 2. The first-order valence-electron chi connectivity index (χ1n) is 9.04. The van der Waals surface area contributed by atoms with Crippen LogP contribution in [0, 0.1) is 6.92 Å². The third-order valence-electron chi connectivity index (χ3n) is 4.79. The molecule has 0 bridgehead atoms. The zero-order valence-electron chi connectivity index (χ0n) is 15.1. The molecule has 27 heavy (non-hydrogen) atoms. The molecular weight excluding hydrogens is 355 g/mol. The quantitative estimate of drug-likeness (QED) is 0.760. The smallest absolute Gasteiger partial charge is 0.352 e. The monoisotopic (exact) mass is 377 g/mol. The zero-order valence-corrected chi connectivity index (χ0v) is 15.1. The first-order valence-corrected chi connectivity index (χ1v) is 9.04. The highest BCUT2D eigenvalue weighted by molar-refractivity contribution is 5.95. The fraction of sp³-hybridized carbons (Fsp3) is 0.400. The van der Waals surface area contributed by atoms with Crippen molar-refractivity contribution in [2.45, 2.75) is 45.2 Å². The molecule has 0 radical (unpaired) electrons. The van der Waals surface area contributed by atoms with Gasteiger partial charge in [0.15, 0.2) is 0 Å². The van der Waals surface area contributed by atoms with E-state index in [9.17, 15) is 18.0 Å². The SMILES string of the molecule is Cc1c(C(=O)NCCC2=CCCCC2)cnn1-c1cccc(C(F)(F)F)c1. The van der Waals surface area contributed by atoms with Gasteiger partial charge in [-0.3, -0.25) is 4.79 Å². The molecule has 0 unspecified atom stereocenters. The number of aromatic nitrogens is 2. The summed E-state index contributed by atoms with van der Waals surface area (Å²) in [6.07, 6.45) is 4.65. The molecule has 1 heterocycles. The molecule has 0 saturated carbocycles. The highest BCUT2D eigenvalue weighted by atomic mass is 19.4. The first-order chi connectivity index (χ1) is 12.9. The van der Waals surface area contributed by atoms with Crippen LogP contribution in [0.5, 0.6) is 0 Å². The van der Waals surface area contributed by atoms with Crippen LogP contribution in [0.4, 0.5) is 13.2 Å². The van der Waals surface area contributed by atoms with Gasteiger partial charge in [-0.1, -0.05) is 17.7 Å². The van der Waals surface area contributed by atoms with Crippen LogP contribution < -0.4 is 5.32 Å². The molecule has 4 nitrogen and oxygen atoms in total. The van der Waals surface area contributed by atoms with Gasteiger partial charge in [-0.15, -0.1) is 0 Å². The van der Waals surface area contributed by atoms with Gasteiger partial charge < -0.3 is 5.32 Å². The molecule has 1 N–H and O–H groups in total. The molecular formula is C20H22F3N3O. The molecule has 0 atom stereocenters. The number of carbonyl (C=O) groups excluding carboxylic acids is 1. The van der Waals surface area contributed by atoms with E-state index in [2.05, 4.69) is 16.5 Å². The highest BCUT2D eigenvalue weighted by Crippen LogP contribution is 2.30. The number of alkyl halides is 3. The Morgan fingerprint density at radius 2 is 2.11 bits per heavy atom. The Bertz CT molecular complexity index is 852. The number of benzene rings is 1. The van der Waals surface area contributed by atoms with E-state index in [-0.39, 0.29) is 11.6 Å². The summed E-state index contributed by atoms with van der Waals surface area (Å²) >= 11 is 0. The van der Waals surface area contributed by atoms with Crippen molar-refractivity contribution < 1.29 is 18.0 Å². The number of hydrogen-bond donors (Lipinski definition) is 1. The van der Waals surface area contributed by atoms with Gasteiger partial charge in [0.05, 0.1) is 28.7 Å². The molecule has 144 valence electrons. The number of rotatable bonds is 5. The van der Waals surface area contributed by atoms with Crippen molar-refractivity contribution in [2.24, 2.45) is 0 Å². The molecule has 0 aliphatic heterocycles. The van der Waals surface area contributed by atoms with E-state index >= 15 is 0 Å². The maximum Gasteiger partial charge on any atom is 0.416 e. The van der Waals surface area contributed by atoms with Crippen LogP contribution in [0.1, 0.15) is 53.7 Å². The van der Waals surface area contributed by atoms with Gasteiger partial charge in [-0.2, -0.15) is 18.3 Å². The van der Waals surface area contributed by atoms with Crippen LogP contribution in [-0.4, -0.2) is 22.2 Å². The van der Waals surface area contributed by atoms with Crippen LogP contribution in [0.2, 0.25) is 0 Å². The van der Waals surface area contributed by atoms with Crippen molar-refractivity contribution in [3.05, 3.63) is 58.9 Å². The van der Waals surface area contributed by atoms with Gasteiger partial charge in [0.2, 0.25) is 0 Å². The van der Waals surface area contributed by atoms with Gasteiger partial charge in [0.1, 0.15) is 0 Å². The van der Waals surface area contributed by atoms with Gasteiger partial charge >= 0.3 is 6.18 Å². The number of nitrogens with zero attached hydrogens (tertiary/aromatic N) is 2. The fourth-order valence-corrected chi connectivity index (χ4v) is 3.27. The van der Waals surface area contributed by atoms with Crippen molar-refractivity contribution >= 4 is 5.91 Å². The summed E-state index contributed by atoms with van der Waals surface area (Å²) in [5.74, 6) is -0.262. The molecule has 0 saturated heterocycles. The Morgan fingerprint density at radius 1 is 1.30 bits per heavy atom. The lowest BCUT2D eigenvalue weighted by Crippen LogP contribution is -2.25. The number of carbonyl (C=O) groups is 1. The van der Waals surface area contributed by atoms with Crippen molar-refractivity contribution in [3.8, 4) is 5.69 Å². The van der Waals surface area contributed by atoms with Crippen LogP contribution in [0.3, 0.4) is 0 Å². The second-order valence-electron chi connectivity index (χ2n) is 6.72. The number of nitrogens with one attached hydrogen (secondary N) is 1. The number of allylic oxidation sites excluding steroid dienone is 1. The molecule has 1 aliphatic rings. The average molecular weight is 377 g/mol. The van der Waals surface area contributed by atoms with E-state index in [4.69, 9.17) is 0 Å². The number of halogens is 3.